The van der Waals surface area contributed by atoms with E-state index in [1.807, 2.05) is 0 Å². The molecule has 1 aliphatic rings. The fraction of sp³-hybridized carbons (Fsp3) is 0.529. The molecule has 7 nitrogen and oxygen atoms in total. The number of alkyl halides is 3. The van der Waals surface area contributed by atoms with Crippen molar-refractivity contribution in [3.05, 3.63) is 57.4 Å². The van der Waals surface area contributed by atoms with Gasteiger partial charge < -0.3 is 4.90 Å². The summed E-state index contributed by atoms with van der Waals surface area (Å²) in [4.78, 5) is 32.8. The minimum absolute atomic E-state index is 0.207. The van der Waals surface area contributed by atoms with E-state index < -0.39 is 17.4 Å². The summed E-state index contributed by atoms with van der Waals surface area (Å²) in [6, 6.07) is 2.25. The number of rotatable bonds is 5. The van der Waals surface area contributed by atoms with Crippen LogP contribution in [0.5, 0.6) is 0 Å². The van der Waals surface area contributed by atoms with Crippen molar-refractivity contribution in [2.24, 2.45) is 5.92 Å². The Morgan fingerprint density at radius 2 is 1.81 bits per heavy atom. The predicted octanol–water partition coefficient (Wildman–Crippen LogP) is 1.23. The minimum Gasteiger partial charge on any atom is -0.302 e. The lowest BCUT2D eigenvalue weighted by Crippen LogP contribution is -2.39. The van der Waals surface area contributed by atoms with E-state index in [-0.39, 0.29) is 11.6 Å². The van der Waals surface area contributed by atoms with Gasteiger partial charge in [0.25, 0.3) is 5.56 Å². The summed E-state index contributed by atoms with van der Waals surface area (Å²) in [6.07, 6.45) is 1.19. The monoisotopic (exact) mass is 383 g/mol. The summed E-state index contributed by atoms with van der Waals surface area (Å²) < 4.78 is 40.5. The van der Waals surface area contributed by atoms with Crippen molar-refractivity contribution in [1.82, 2.24) is 24.0 Å². The number of piperidine rings is 1. The molecule has 0 unspecified atom stereocenters. The van der Waals surface area contributed by atoms with Crippen LogP contribution in [0.2, 0.25) is 0 Å². The van der Waals surface area contributed by atoms with E-state index in [4.69, 9.17) is 0 Å². The van der Waals surface area contributed by atoms with Crippen LogP contribution in [0.25, 0.3) is 0 Å². The van der Waals surface area contributed by atoms with Gasteiger partial charge in [-0.1, -0.05) is 0 Å². The average molecular weight is 383 g/mol. The van der Waals surface area contributed by atoms with E-state index in [2.05, 4.69) is 14.9 Å². The highest BCUT2D eigenvalue weighted by molar-refractivity contribution is 5.03. The van der Waals surface area contributed by atoms with Gasteiger partial charge in [0, 0.05) is 38.1 Å². The normalized spacial score (nSPS) is 16.6. The van der Waals surface area contributed by atoms with Gasteiger partial charge >= 0.3 is 11.9 Å². The molecule has 0 N–H and O–H groups in total. The maximum Gasteiger partial charge on any atom is 0.433 e. The van der Waals surface area contributed by atoms with E-state index in [0.29, 0.717) is 19.2 Å². The van der Waals surface area contributed by atoms with Gasteiger partial charge in [-0.25, -0.2) is 14.8 Å². The third-order valence-corrected chi connectivity index (χ3v) is 4.77. The molecule has 0 atom stereocenters. The van der Waals surface area contributed by atoms with Crippen LogP contribution in [0.3, 0.4) is 0 Å². The molecule has 1 aliphatic heterocycles. The molecule has 0 aromatic carbocycles. The summed E-state index contributed by atoms with van der Waals surface area (Å²) in [5.41, 5.74) is -2.12. The molecule has 0 aliphatic carbocycles. The van der Waals surface area contributed by atoms with Crippen LogP contribution in [-0.4, -0.2) is 43.6 Å². The van der Waals surface area contributed by atoms with Gasteiger partial charge in [0.05, 0.1) is 6.33 Å². The molecule has 0 amide bonds. The van der Waals surface area contributed by atoms with E-state index in [9.17, 15) is 22.8 Å². The van der Waals surface area contributed by atoms with Gasteiger partial charge in [-0.15, -0.1) is 0 Å². The lowest BCUT2D eigenvalue weighted by Gasteiger charge is -2.32. The molecule has 0 saturated carbocycles. The van der Waals surface area contributed by atoms with E-state index in [1.54, 1.807) is 16.8 Å². The lowest BCUT2D eigenvalue weighted by atomic mass is 9.96. The molecule has 0 radical (unpaired) electrons. The smallest absolute Gasteiger partial charge is 0.302 e. The summed E-state index contributed by atoms with van der Waals surface area (Å²) >= 11 is 0. The molecule has 3 heterocycles. The Morgan fingerprint density at radius 3 is 2.44 bits per heavy atom. The average Bonchev–Trinajstić information content (AvgIpc) is 2.63. The van der Waals surface area contributed by atoms with Gasteiger partial charge in [-0.2, -0.15) is 13.2 Å². The zero-order valence-electron chi connectivity index (χ0n) is 14.6. The van der Waals surface area contributed by atoms with Crippen molar-refractivity contribution in [3.63, 3.8) is 0 Å². The first-order valence-electron chi connectivity index (χ1n) is 8.70. The number of aromatic nitrogens is 4. The fourth-order valence-corrected chi connectivity index (χ4v) is 3.20. The van der Waals surface area contributed by atoms with E-state index in [1.165, 1.54) is 10.8 Å². The summed E-state index contributed by atoms with van der Waals surface area (Å²) in [5, 5.41) is 0. The second-order valence-electron chi connectivity index (χ2n) is 6.64. The first-order valence-corrected chi connectivity index (χ1v) is 8.70. The first-order chi connectivity index (χ1) is 12.8. The Balaban J connectivity index is 1.50. The predicted molar refractivity (Wildman–Crippen MR) is 91.2 cm³/mol. The SMILES string of the molecule is O=c1cc(C(F)(F)F)ncn1CC1CCN(CCn2cccnc2=O)CC1. The molecule has 2 aromatic rings. The Morgan fingerprint density at radius 1 is 1.07 bits per heavy atom. The molecule has 3 rings (SSSR count). The standard InChI is InChI=1S/C17H20F3N5O2/c18-17(19,20)14-10-15(26)25(12-22-14)11-13-2-6-23(7-3-13)8-9-24-5-1-4-21-16(24)27/h1,4-5,10,12-13H,2-3,6-9,11H2. The maximum absolute atomic E-state index is 12.6. The number of likely N-dealkylation sites (tertiary alicyclic amines) is 1. The van der Waals surface area contributed by atoms with Gasteiger partial charge in [0.2, 0.25) is 0 Å². The fourth-order valence-electron chi connectivity index (χ4n) is 3.20. The quantitative estimate of drug-likeness (QED) is 0.777. The van der Waals surface area contributed by atoms with Gasteiger partial charge in [0.15, 0.2) is 5.69 Å². The molecule has 2 aromatic heterocycles. The Hall–Kier alpha value is -2.49. The van der Waals surface area contributed by atoms with Crippen molar-refractivity contribution in [2.45, 2.75) is 32.1 Å². The van der Waals surface area contributed by atoms with Crippen molar-refractivity contribution < 1.29 is 13.2 Å². The number of halogens is 3. The lowest BCUT2D eigenvalue weighted by molar-refractivity contribution is -0.141. The Kier molecular flexibility index (Phi) is 5.73. The highest BCUT2D eigenvalue weighted by atomic mass is 19.4. The first kappa shape index (κ1) is 19.3. The second-order valence-corrected chi connectivity index (χ2v) is 6.64. The van der Waals surface area contributed by atoms with Crippen molar-refractivity contribution >= 4 is 0 Å². The van der Waals surface area contributed by atoms with Crippen LogP contribution in [0.15, 0.2) is 40.4 Å². The molecule has 10 heteroatoms. The molecule has 1 saturated heterocycles. The van der Waals surface area contributed by atoms with E-state index >= 15 is 0 Å². The number of hydrogen-bond donors (Lipinski definition) is 0. The molecule has 1 fully saturated rings. The Labute approximate surface area is 153 Å². The molecule has 0 bridgehead atoms. The molecule has 27 heavy (non-hydrogen) atoms. The third kappa shape index (κ3) is 5.03. The van der Waals surface area contributed by atoms with Gasteiger partial charge in [0.1, 0.15) is 0 Å². The topological polar surface area (TPSA) is 73.0 Å². The molecular weight excluding hydrogens is 363 g/mol. The number of hydrogen-bond acceptors (Lipinski definition) is 5. The largest absolute Gasteiger partial charge is 0.433 e. The minimum atomic E-state index is -4.61. The molecule has 0 spiro atoms. The highest BCUT2D eigenvalue weighted by Crippen LogP contribution is 2.26. The third-order valence-electron chi connectivity index (χ3n) is 4.77. The van der Waals surface area contributed by atoms with Crippen molar-refractivity contribution in [3.8, 4) is 0 Å². The van der Waals surface area contributed by atoms with Crippen LogP contribution in [0, 0.1) is 5.92 Å². The highest BCUT2D eigenvalue weighted by Gasteiger charge is 2.33. The van der Waals surface area contributed by atoms with Crippen LogP contribution < -0.4 is 11.2 Å². The van der Waals surface area contributed by atoms with Crippen LogP contribution >= 0.6 is 0 Å². The van der Waals surface area contributed by atoms with Crippen LogP contribution in [-0.2, 0) is 19.3 Å². The van der Waals surface area contributed by atoms with Crippen molar-refractivity contribution in [1.29, 1.82) is 0 Å². The molecule has 146 valence electrons. The number of nitrogens with zero attached hydrogens (tertiary/aromatic N) is 5. The van der Waals surface area contributed by atoms with Crippen molar-refractivity contribution in [2.75, 3.05) is 19.6 Å². The maximum atomic E-state index is 12.6. The van der Waals surface area contributed by atoms with Crippen LogP contribution in [0.4, 0.5) is 13.2 Å². The zero-order valence-corrected chi connectivity index (χ0v) is 14.6. The van der Waals surface area contributed by atoms with Gasteiger partial charge in [-0.05, 0) is 37.9 Å². The second kappa shape index (κ2) is 8.03. The zero-order chi connectivity index (χ0) is 19.4. The summed E-state index contributed by atoms with van der Waals surface area (Å²) in [7, 11) is 0. The Bertz CT molecular complexity index is 885. The summed E-state index contributed by atoms with van der Waals surface area (Å²) in [6.45, 7) is 3.25. The van der Waals surface area contributed by atoms with E-state index in [0.717, 1.165) is 38.8 Å². The van der Waals surface area contributed by atoms with Gasteiger partial charge in [-0.3, -0.25) is 13.9 Å². The van der Waals surface area contributed by atoms with Crippen LogP contribution in [0.1, 0.15) is 18.5 Å². The summed E-state index contributed by atoms with van der Waals surface area (Å²) in [5.74, 6) is 0.207. The molecular formula is C17H20F3N5O2.